The van der Waals surface area contributed by atoms with E-state index in [1.807, 2.05) is 48.5 Å². The number of nitrogens with zero attached hydrogens (tertiary/aromatic N) is 3. The molecule has 0 radical (unpaired) electrons. The van der Waals surface area contributed by atoms with Gasteiger partial charge in [0.05, 0.1) is 34.9 Å². The van der Waals surface area contributed by atoms with Crippen molar-refractivity contribution in [2.45, 2.75) is 18.9 Å². The number of carbonyl (C=O) groups is 2. The predicted octanol–water partition coefficient (Wildman–Crippen LogP) is 4.88. The SMILES string of the molecule is COC(=O)[C@@H]1CCCN1C(=O)c1ccc(-c2ccc(Nc3nc4ccccc4s3)cn2)cc1. The monoisotopic (exact) mass is 458 g/mol. The molecule has 166 valence electrons. The first-order valence-electron chi connectivity index (χ1n) is 10.7. The zero-order chi connectivity index (χ0) is 22.8. The number of para-hydroxylation sites is 1. The van der Waals surface area contributed by atoms with Crippen molar-refractivity contribution in [3.8, 4) is 11.3 Å². The summed E-state index contributed by atoms with van der Waals surface area (Å²) in [7, 11) is 1.35. The van der Waals surface area contributed by atoms with E-state index in [9.17, 15) is 9.59 Å². The second kappa shape index (κ2) is 8.99. The number of esters is 1. The van der Waals surface area contributed by atoms with Crippen LogP contribution in [0, 0.1) is 0 Å². The summed E-state index contributed by atoms with van der Waals surface area (Å²) < 4.78 is 5.97. The van der Waals surface area contributed by atoms with Gasteiger partial charge >= 0.3 is 5.97 Å². The minimum atomic E-state index is -0.501. The van der Waals surface area contributed by atoms with E-state index >= 15 is 0 Å². The fourth-order valence-corrected chi connectivity index (χ4v) is 4.91. The van der Waals surface area contributed by atoms with Crippen LogP contribution in [-0.2, 0) is 9.53 Å². The molecule has 3 heterocycles. The number of hydrogen-bond donors (Lipinski definition) is 1. The Morgan fingerprint density at radius 2 is 1.91 bits per heavy atom. The standard InChI is InChI=1S/C25H22N4O3S/c1-32-24(31)21-6-4-14-29(21)23(30)17-10-8-16(9-11-17)19-13-12-18(15-26-19)27-25-28-20-5-2-3-7-22(20)33-25/h2-3,5,7-13,15,21H,4,6,14H2,1H3,(H,27,28)/t21-/m0/s1. The molecule has 1 saturated heterocycles. The highest BCUT2D eigenvalue weighted by atomic mass is 32.1. The maximum absolute atomic E-state index is 12.9. The van der Waals surface area contributed by atoms with Gasteiger partial charge in [-0.3, -0.25) is 9.78 Å². The Kier molecular flexibility index (Phi) is 5.75. The van der Waals surface area contributed by atoms with Crippen LogP contribution in [0.5, 0.6) is 0 Å². The van der Waals surface area contributed by atoms with Gasteiger partial charge in [-0.15, -0.1) is 0 Å². The molecule has 1 aliphatic rings. The first-order valence-corrected chi connectivity index (χ1v) is 11.5. The molecule has 5 rings (SSSR count). The molecule has 0 bridgehead atoms. The molecule has 4 aromatic rings. The number of amides is 1. The molecule has 1 fully saturated rings. The Labute approximate surface area is 195 Å². The molecule has 1 aliphatic heterocycles. The van der Waals surface area contributed by atoms with Gasteiger partial charge in [-0.25, -0.2) is 9.78 Å². The lowest BCUT2D eigenvalue weighted by Gasteiger charge is -2.22. The van der Waals surface area contributed by atoms with Crippen LogP contribution in [0.1, 0.15) is 23.2 Å². The summed E-state index contributed by atoms with van der Waals surface area (Å²) in [5.41, 5.74) is 4.08. The van der Waals surface area contributed by atoms with Gasteiger partial charge in [0.2, 0.25) is 0 Å². The van der Waals surface area contributed by atoms with Crippen LogP contribution in [0.25, 0.3) is 21.5 Å². The number of methoxy groups -OCH3 is 1. The van der Waals surface area contributed by atoms with E-state index in [0.29, 0.717) is 18.5 Å². The molecule has 1 amide bonds. The number of likely N-dealkylation sites (tertiary alicyclic amines) is 1. The predicted molar refractivity (Wildman–Crippen MR) is 129 cm³/mol. The van der Waals surface area contributed by atoms with Crippen LogP contribution >= 0.6 is 11.3 Å². The van der Waals surface area contributed by atoms with Crippen molar-refractivity contribution in [1.82, 2.24) is 14.9 Å². The molecular weight excluding hydrogens is 436 g/mol. The van der Waals surface area contributed by atoms with Gasteiger partial charge in [0.25, 0.3) is 5.91 Å². The summed E-state index contributed by atoms with van der Waals surface area (Å²) >= 11 is 1.60. The van der Waals surface area contributed by atoms with Crippen LogP contribution in [0.4, 0.5) is 10.8 Å². The third-order valence-corrected chi connectivity index (χ3v) is 6.68. The van der Waals surface area contributed by atoms with E-state index in [-0.39, 0.29) is 11.9 Å². The summed E-state index contributed by atoms with van der Waals surface area (Å²) in [5.74, 6) is -0.515. The van der Waals surface area contributed by atoms with Gasteiger partial charge < -0.3 is 15.0 Å². The molecule has 0 saturated carbocycles. The van der Waals surface area contributed by atoms with E-state index in [0.717, 1.165) is 38.7 Å². The average molecular weight is 459 g/mol. The lowest BCUT2D eigenvalue weighted by Crippen LogP contribution is -2.41. The first kappa shape index (κ1) is 21.1. The second-order valence-corrected chi connectivity index (χ2v) is 8.83. The van der Waals surface area contributed by atoms with Crippen molar-refractivity contribution in [2.75, 3.05) is 19.0 Å². The molecule has 1 N–H and O–H groups in total. The number of fused-ring (bicyclic) bond motifs is 1. The smallest absolute Gasteiger partial charge is 0.328 e. The number of nitrogens with one attached hydrogen (secondary N) is 1. The van der Waals surface area contributed by atoms with E-state index in [1.165, 1.54) is 7.11 Å². The van der Waals surface area contributed by atoms with Crippen LogP contribution in [0.15, 0.2) is 66.9 Å². The molecule has 0 spiro atoms. The summed E-state index contributed by atoms with van der Waals surface area (Å²) in [5, 5.41) is 4.12. The number of ether oxygens (including phenoxy) is 1. The minimum absolute atomic E-state index is 0.155. The van der Waals surface area contributed by atoms with Crippen molar-refractivity contribution < 1.29 is 14.3 Å². The molecule has 0 unspecified atom stereocenters. The summed E-state index contributed by atoms with van der Waals surface area (Å²) in [6, 6.07) is 18.7. The Hall–Kier alpha value is -3.78. The Morgan fingerprint density at radius 3 is 2.64 bits per heavy atom. The third kappa shape index (κ3) is 4.29. The largest absolute Gasteiger partial charge is 0.467 e. The van der Waals surface area contributed by atoms with Crippen molar-refractivity contribution in [3.63, 3.8) is 0 Å². The highest BCUT2D eigenvalue weighted by Gasteiger charge is 2.35. The molecule has 7 nitrogen and oxygen atoms in total. The zero-order valence-electron chi connectivity index (χ0n) is 18.0. The molecule has 8 heteroatoms. The molecule has 2 aromatic heterocycles. The van der Waals surface area contributed by atoms with Gasteiger partial charge in [0, 0.05) is 17.7 Å². The Bertz CT molecular complexity index is 1270. The van der Waals surface area contributed by atoms with Crippen molar-refractivity contribution in [1.29, 1.82) is 0 Å². The molecule has 33 heavy (non-hydrogen) atoms. The van der Waals surface area contributed by atoms with Gasteiger partial charge in [0.1, 0.15) is 6.04 Å². The number of pyridine rings is 1. The highest BCUT2D eigenvalue weighted by Crippen LogP contribution is 2.29. The van der Waals surface area contributed by atoms with Crippen LogP contribution < -0.4 is 5.32 Å². The molecule has 2 aromatic carbocycles. The van der Waals surface area contributed by atoms with Gasteiger partial charge in [0.15, 0.2) is 5.13 Å². The highest BCUT2D eigenvalue weighted by molar-refractivity contribution is 7.22. The lowest BCUT2D eigenvalue weighted by molar-refractivity contribution is -0.145. The number of benzene rings is 2. The van der Waals surface area contributed by atoms with Crippen molar-refractivity contribution in [2.24, 2.45) is 0 Å². The van der Waals surface area contributed by atoms with E-state index in [4.69, 9.17) is 4.74 Å². The van der Waals surface area contributed by atoms with Gasteiger partial charge in [-0.1, -0.05) is 35.6 Å². The maximum atomic E-state index is 12.9. The topological polar surface area (TPSA) is 84.4 Å². The van der Waals surface area contributed by atoms with Crippen molar-refractivity contribution >= 4 is 44.2 Å². The minimum Gasteiger partial charge on any atom is -0.467 e. The van der Waals surface area contributed by atoms with Crippen LogP contribution in [0.2, 0.25) is 0 Å². The Balaban J connectivity index is 1.28. The number of anilines is 2. The molecular formula is C25H22N4O3S. The number of rotatable bonds is 5. The fraction of sp³-hybridized carbons (Fsp3) is 0.200. The first-order chi connectivity index (χ1) is 16.1. The zero-order valence-corrected chi connectivity index (χ0v) is 18.8. The average Bonchev–Trinajstić information content (AvgIpc) is 3.50. The van der Waals surface area contributed by atoms with E-state index in [2.05, 4.69) is 15.3 Å². The summed E-state index contributed by atoms with van der Waals surface area (Å²) in [4.78, 5) is 35.6. The summed E-state index contributed by atoms with van der Waals surface area (Å²) in [6.07, 6.45) is 3.20. The van der Waals surface area contributed by atoms with Crippen molar-refractivity contribution in [3.05, 3.63) is 72.4 Å². The Morgan fingerprint density at radius 1 is 1.09 bits per heavy atom. The van der Waals surface area contributed by atoms with Crippen LogP contribution in [-0.4, -0.2) is 46.4 Å². The number of hydrogen-bond acceptors (Lipinski definition) is 7. The third-order valence-electron chi connectivity index (χ3n) is 5.72. The molecule has 0 aliphatic carbocycles. The van der Waals surface area contributed by atoms with E-state index < -0.39 is 6.04 Å². The number of thiazole rings is 1. The maximum Gasteiger partial charge on any atom is 0.328 e. The second-order valence-electron chi connectivity index (χ2n) is 7.80. The normalized spacial score (nSPS) is 15.5. The summed E-state index contributed by atoms with van der Waals surface area (Å²) in [6.45, 7) is 0.561. The van der Waals surface area contributed by atoms with Crippen LogP contribution in [0.3, 0.4) is 0 Å². The number of carbonyl (C=O) groups excluding carboxylic acids is 2. The van der Waals surface area contributed by atoms with Gasteiger partial charge in [-0.2, -0.15) is 0 Å². The lowest BCUT2D eigenvalue weighted by atomic mass is 10.1. The fourth-order valence-electron chi connectivity index (χ4n) is 4.03. The molecule has 1 atom stereocenters. The van der Waals surface area contributed by atoms with E-state index in [1.54, 1.807) is 34.6 Å². The quantitative estimate of drug-likeness (QED) is 0.429. The number of aromatic nitrogens is 2. The van der Waals surface area contributed by atoms with Gasteiger partial charge in [-0.05, 0) is 49.2 Å².